The van der Waals surface area contributed by atoms with Gasteiger partial charge >= 0.3 is 0 Å². The fourth-order valence-electron chi connectivity index (χ4n) is 2.38. The number of benzene rings is 1. The van der Waals surface area contributed by atoms with Gasteiger partial charge in [-0.3, -0.25) is 4.79 Å². The summed E-state index contributed by atoms with van der Waals surface area (Å²) in [7, 11) is 0. The van der Waals surface area contributed by atoms with E-state index in [1.807, 2.05) is 17.7 Å². The van der Waals surface area contributed by atoms with Crippen LogP contribution in [0.5, 0.6) is 0 Å². The molecule has 0 atom stereocenters. The fourth-order valence-corrected chi connectivity index (χ4v) is 2.38. The highest BCUT2D eigenvalue weighted by Crippen LogP contribution is 2.26. The number of allylic oxidation sites excluding steroid dienone is 2. The predicted octanol–water partition coefficient (Wildman–Crippen LogP) is 2.51. The summed E-state index contributed by atoms with van der Waals surface area (Å²) in [6.45, 7) is 1.95. The van der Waals surface area contributed by atoms with E-state index in [1.165, 1.54) is 11.1 Å². The van der Waals surface area contributed by atoms with Crippen molar-refractivity contribution in [1.82, 2.24) is 14.9 Å². The molecule has 0 spiro atoms. The Morgan fingerprint density at radius 2 is 2.00 bits per heavy atom. The van der Waals surface area contributed by atoms with Crippen LogP contribution >= 0.6 is 0 Å². The van der Waals surface area contributed by atoms with E-state index in [0.29, 0.717) is 6.42 Å². The summed E-state index contributed by atoms with van der Waals surface area (Å²) in [5.41, 5.74) is 4.43. The predicted molar refractivity (Wildman–Crippen MR) is 73.5 cm³/mol. The van der Waals surface area contributed by atoms with Crippen molar-refractivity contribution in [2.24, 2.45) is 0 Å². The molecule has 1 N–H and O–H groups in total. The van der Waals surface area contributed by atoms with E-state index in [1.54, 1.807) is 12.5 Å². The molecule has 0 fully saturated rings. The number of rotatable bonds is 2. The minimum absolute atomic E-state index is 0.108. The lowest BCUT2D eigenvalue weighted by molar-refractivity contribution is -0.120. The summed E-state index contributed by atoms with van der Waals surface area (Å²) in [5.74, 6) is 0.108. The molecule has 4 nitrogen and oxygen atoms in total. The second kappa shape index (κ2) is 4.72. The first-order valence-corrected chi connectivity index (χ1v) is 6.32. The molecule has 1 amide bonds. The molecule has 0 radical (unpaired) electrons. The first-order chi connectivity index (χ1) is 9.24. The Morgan fingerprint density at radius 1 is 1.21 bits per heavy atom. The van der Waals surface area contributed by atoms with Gasteiger partial charge in [-0.1, -0.05) is 12.1 Å². The number of nitrogens with one attached hydrogen (secondary N) is 1. The van der Waals surface area contributed by atoms with Gasteiger partial charge in [0, 0.05) is 30.2 Å². The van der Waals surface area contributed by atoms with Crippen molar-refractivity contribution in [1.29, 1.82) is 0 Å². The molecular weight excluding hydrogens is 238 g/mol. The Bertz CT molecular complexity index is 624. The van der Waals surface area contributed by atoms with E-state index >= 15 is 0 Å². The lowest BCUT2D eigenvalue weighted by Gasteiger charge is -2.19. The summed E-state index contributed by atoms with van der Waals surface area (Å²) in [6, 6.07) is 8.30. The van der Waals surface area contributed by atoms with Gasteiger partial charge in [-0.05, 0) is 36.6 Å². The highest BCUT2D eigenvalue weighted by Gasteiger charge is 2.15. The van der Waals surface area contributed by atoms with Crippen LogP contribution in [0.4, 0.5) is 0 Å². The average Bonchev–Trinajstić information content (AvgIpc) is 2.93. The first kappa shape index (κ1) is 11.7. The number of hydrogen-bond donors (Lipinski definition) is 1. The van der Waals surface area contributed by atoms with E-state index in [9.17, 15) is 4.79 Å². The minimum atomic E-state index is 0.108. The number of amides is 1. The normalized spacial score (nSPS) is 15.5. The van der Waals surface area contributed by atoms with E-state index < -0.39 is 0 Å². The molecule has 0 aliphatic carbocycles. The maximum Gasteiger partial charge on any atom is 0.224 e. The number of aromatic nitrogens is 2. The third-order valence-corrected chi connectivity index (χ3v) is 3.40. The molecule has 0 unspecified atom stereocenters. The lowest BCUT2D eigenvalue weighted by Crippen LogP contribution is -2.26. The van der Waals surface area contributed by atoms with Crippen LogP contribution in [0.25, 0.3) is 11.3 Å². The maximum absolute atomic E-state index is 11.3. The molecule has 1 aromatic carbocycles. The van der Waals surface area contributed by atoms with E-state index in [4.69, 9.17) is 0 Å². The van der Waals surface area contributed by atoms with Gasteiger partial charge < -0.3 is 9.88 Å². The van der Waals surface area contributed by atoms with Crippen LogP contribution in [0.3, 0.4) is 0 Å². The lowest BCUT2D eigenvalue weighted by atomic mass is 9.96. The van der Waals surface area contributed by atoms with Crippen molar-refractivity contribution in [3.05, 3.63) is 54.2 Å². The Labute approximate surface area is 111 Å². The zero-order valence-corrected chi connectivity index (χ0v) is 10.8. The van der Waals surface area contributed by atoms with Crippen molar-refractivity contribution in [3.63, 3.8) is 0 Å². The molecule has 2 aromatic rings. The van der Waals surface area contributed by atoms with Gasteiger partial charge in [0.15, 0.2) is 0 Å². The molecule has 96 valence electrons. The average molecular weight is 253 g/mol. The van der Waals surface area contributed by atoms with Crippen LogP contribution in [0.1, 0.15) is 25.3 Å². The quantitative estimate of drug-likeness (QED) is 0.894. The molecule has 1 aromatic heterocycles. The van der Waals surface area contributed by atoms with Crippen molar-refractivity contribution < 1.29 is 4.79 Å². The Hall–Kier alpha value is -2.36. The summed E-state index contributed by atoms with van der Waals surface area (Å²) in [4.78, 5) is 15.3. The standard InChI is InChI=1S/C15H15N3O/c1-11-14(6-7-15(19)17-11)12-2-4-13(5-3-12)18-9-8-16-10-18/h2-5,8-10H,6-7H2,1H3,(H,17,19). The van der Waals surface area contributed by atoms with Crippen LogP contribution in [0, 0.1) is 0 Å². The molecular formula is C15H15N3O. The molecule has 0 saturated heterocycles. The molecule has 1 aliphatic heterocycles. The summed E-state index contributed by atoms with van der Waals surface area (Å²) in [6.07, 6.45) is 6.83. The van der Waals surface area contributed by atoms with Crippen LogP contribution in [0.2, 0.25) is 0 Å². The summed E-state index contributed by atoms with van der Waals surface area (Å²) in [5, 5.41) is 2.90. The Balaban J connectivity index is 1.91. The highest BCUT2D eigenvalue weighted by molar-refractivity contribution is 5.86. The van der Waals surface area contributed by atoms with E-state index in [2.05, 4.69) is 34.6 Å². The molecule has 2 heterocycles. The zero-order chi connectivity index (χ0) is 13.2. The van der Waals surface area contributed by atoms with Gasteiger partial charge in [0.05, 0.1) is 6.33 Å². The van der Waals surface area contributed by atoms with Gasteiger partial charge in [0.25, 0.3) is 0 Å². The SMILES string of the molecule is CC1=C(c2ccc(-n3ccnc3)cc2)CCC(=O)N1. The molecule has 3 rings (SSSR count). The summed E-state index contributed by atoms with van der Waals surface area (Å²) >= 11 is 0. The van der Waals surface area contributed by atoms with E-state index in [-0.39, 0.29) is 5.91 Å². The van der Waals surface area contributed by atoms with Crippen LogP contribution in [-0.4, -0.2) is 15.5 Å². The maximum atomic E-state index is 11.3. The first-order valence-electron chi connectivity index (χ1n) is 6.32. The largest absolute Gasteiger partial charge is 0.330 e. The Morgan fingerprint density at radius 3 is 2.63 bits per heavy atom. The van der Waals surface area contributed by atoms with Crippen molar-refractivity contribution >= 4 is 11.5 Å². The monoisotopic (exact) mass is 253 g/mol. The number of imidazole rings is 1. The van der Waals surface area contributed by atoms with Crippen molar-refractivity contribution in [3.8, 4) is 5.69 Å². The Kier molecular flexibility index (Phi) is 2.91. The smallest absolute Gasteiger partial charge is 0.224 e. The topological polar surface area (TPSA) is 46.9 Å². The molecule has 1 aliphatic rings. The molecule has 4 heteroatoms. The number of hydrogen-bond acceptors (Lipinski definition) is 2. The van der Waals surface area contributed by atoms with Gasteiger partial charge in [-0.15, -0.1) is 0 Å². The third kappa shape index (κ3) is 2.29. The number of carbonyl (C=O) groups excluding carboxylic acids is 1. The van der Waals surface area contributed by atoms with Gasteiger partial charge in [0.1, 0.15) is 0 Å². The van der Waals surface area contributed by atoms with Gasteiger partial charge in [-0.25, -0.2) is 4.98 Å². The zero-order valence-electron chi connectivity index (χ0n) is 10.8. The highest BCUT2D eigenvalue weighted by atomic mass is 16.1. The van der Waals surface area contributed by atoms with Crippen molar-refractivity contribution in [2.45, 2.75) is 19.8 Å². The second-order valence-electron chi connectivity index (χ2n) is 4.67. The van der Waals surface area contributed by atoms with Crippen molar-refractivity contribution in [2.75, 3.05) is 0 Å². The third-order valence-electron chi connectivity index (χ3n) is 3.40. The van der Waals surface area contributed by atoms with Gasteiger partial charge in [0.2, 0.25) is 5.91 Å². The van der Waals surface area contributed by atoms with Crippen LogP contribution < -0.4 is 5.32 Å². The summed E-state index contributed by atoms with van der Waals surface area (Å²) < 4.78 is 1.97. The van der Waals surface area contributed by atoms with Crippen LogP contribution in [-0.2, 0) is 4.79 Å². The van der Waals surface area contributed by atoms with Crippen LogP contribution in [0.15, 0.2) is 48.7 Å². The minimum Gasteiger partial charge on any atom is -0.330 e. The number of nitrogens with zero attached hydrogens (tertiary/aromatic N) is 2. The molecule has 0 bridgehead atoms. The molecule has 19 heavy (non-hydrogen) atoms. The fraction of sp³-hybridized carbons (Fsp3) is 0.200. The molecule has 0 saturated carbocycles. The van der Waals surface area contributed by atoms with E-state index in [0.717, 1.165) is 17.8 Å². The second-order valence-corrected chi connectivity index (χ2v) is 4.67. The van der Waals surface area contributed by atoms with Gasteiger partial charge in [-0.2, -0.15) is 0 Å². The number of carbonyl (C=O) groups is 1.